The maximum Gasteiger partial charge on any atom is 0.147 e. The van der Waals surface area contributed by atoms with Crippen molar-refractivity contribution in [3.63, 3.8) is 0 Å². The summed E-state index contributed by atoms with van der Waals surface area (Å²) in [6.45, 7) is 0.657. The Balaban J connectivity index is 2.22. The van der Waals surface area contributed by atoms with Crippen LogP contribution < -0.4 is 5.32 Å². The standard InChI is InChI=1S/C10H9N3S/c11-6-3-7-12-10-8-4-1-2-5-9(8)14-13-10/h1-2,4-5H,3,7H2,(H,12,13). The zero-order valence-electron chi connectivity index (χ0n) is 7.53. The topological polar surface area (TPSA) is 48.7 Å². The van der Waals surface area contributed by atoms with Crippen molar-refractivity contribution in [2.75, 3.05) is 11.9 Å². The molecule has 14 heavy (non-hydrogen) atoms. The van der Waals surface area contributed by atoms with Gasteiger partial charge in [-0.25, -0.2) is 0 Å². The normalized spacial score (nSPS) is 9.93. The lowest BCUT2D eigenvalue weighted by atomic mass is 10.2. The van der Waals surface area contributed by atoms with Gasteiger partial charge in [-0.05, 0) is 23.7 Å². The van der Waals surface area contributed by atoms with Crippen LogP contribution in [0.4, 0.5) is 5.82 Å². The largest absolute Gasteiger partial charge is 0.368 e. The average Bonchev–Trinajstić information content (AvgIpc) is 2.63. The number of nitriles is 1. The van der Waals surface area contributed by atoms with Gasteiger partial charge in [0.25, 0.3) is 0 Å². The highest BCUT2D eigenvalue weighted by atomic mass is 32.1. The smallest absolute Gasteiger partial charge is 0.147 e. The van der Waals surface area contributed by atoms with E-state index in [1.165, 1.54) is 16.2 Å². The lowest BCUT2D eigenvalue weighted by molar-refractivity contribution is 1.07. The van der Waals surface area contributed by atoms with Crippen molar-refractivity contribution in [1.82, 2.24) is 4.37 Å². The molecule has 0 amide bonds. The summed E-state index contributed by atoms with van der Waals surface area (Å²) in [6, 6.07) is 10.2. The molecule has 0 fully saturated rings. The Morgan fingerprint density at radius 3 is 3.14 bits per heavy atom. The van der Waals surface area contributed by atoms with Crippen molar-refractivity contribution in [3.05, 3.63) is 24.3 Å². The first kappa shape index (κ1) is 8.97. The van der Waals surface area contributed by atoms with E-state index in [4.69, 9.17) is 5.26 Å². The molecular formula is C10H9N3S. The van der Waals surface area contributed by atoms with Gasteiger partial charge in [-0.3, -0.25) is 0 Å². The molecule has 1 aromatic heterocycles. The van der Waals surface area contributed by atoms with Crippen molar-refractivity contribution in [1.29, 1.82) is 5.26 Å². The molecule has 70 valence electrons. The summed E-state index contributed by atoms with van der Waals surface area (Å²) < 4.78 is 5.46. The lowest BCUT2D eigenvalue weighted by Gasteiger charge is -1.98. The second-order valence-electron chi connectivity index (χ2n) is 2.86. The van der Waals surface area contributed by atoms with Crippen LogP contribution in [-0.2, 0) is 0 Å². The van der Waals surface area contributed by atoms with Gasteiger partial charge in [-0.1, -0.05) is 12.1 Å². The Kier molecular flexibility index (Phi) is 2.61. The minimum Gasteiger partial charge on any atom is -0.368 e. The lowest BCUT2D eigenvalue weighted by Crippen LogP contribution is -2.00. The van der Waals surface area contributed by atoms with E-state index in [2.05, 4.69) is 15.8 Å². The highest BCUT2D eigenvalue weighted by Gasteiger charge is 2.03. The fraction of sp³-hybridized carbons (Fsp3) is 0.200. The van der Waals surface area contributed by atoms with Crippen molar-refractivity contribution >= 4 is 27.4 Å². The molecule has 0 unspecified atom stereocenters. The molecule has 2 aromatic rings. The van der Waals surface area contributed by atoms with Gasteiger partial charge >= 0.3 is 0 Å². The van der Waals surface area contributed by atoms with Crippen LogP contribution in [0.3, 0.4) is 0 Å². The molecule has 2 rings (SSSR count). The Hall–Kier alpha value is -1.60. The third-order valence-corrected chi connectivity index (χ3v) is 2.73. The van der Waals surface area contributed by atoms with Gasteiger partial charge in [-0.2, -0.15) is 9.64 Å². The number of nitrogens with zero attached hydrogens (tertiary/aromatic N) is 2. The van der Waals surface area contributed by atoms with E-state index >= 15 is 0 Å². The molecule has 0 bridgehead atoms. The van der Waals surface area contributed by atoms with Crippen LogP contribution in [0, 0.1) is 11.3 Å². The van der Waals surface area contributed by atoms with Crippen molar-refractivity contribution in [3.8, 4) is 6.07 Å². The van der Waals surface area contributed by atoms with Gasteiger partial charge in [0, 0.05) is 11.9 Å². The van der Waals surface area contributed by atoms with Gasteiger partial charge in [0.15, 0.2) is 0 Å². The van der Waals surface area contributed by atoms with E-state index in [1.807, 2.05) is 24.3 Å². The molecule has 1 N–H and O–H groups in total. The zero-order valence-corrected chi connectivity index (χ0v) is 8.34. The van der Waals surface area contributed by atoms with Gasteiger partial charge in [0.2, 0.25) is 0 Å². The number of hydrogen-bond acceptors (Lipinski definition) is 4. The molecule has 0 saturated heterocycles. The first-order chi connectivity index (χ1) is 6.92. The molecule has 0 spiro atoms. The fourth-order valence-electron chi connectivity index (χ4n) is 1.25. The van der Waals surface area contributed by atoms with Crippen LogP contribution in [0.5, 0.6) is 0 Å². The summed E-state index contributed by atoms with van der Waals surface area (Å²) in [5.74, 6) is 0.890. The highest BCUT2D eigenvalue weighted by molar-refractivity contribution is 7.13. The molecule has 0 aliphatic carbocycles. The number of anilines is 1. The maximum atomic E-state index is 8.40. The summed E-state index contributed by atoms with van der Waals surface area (Å²) >= 11 is 1.48. The second-order valence-corrected chi connectivity index (χ2v) is 3.67. The first-order valence-electron chi connectivity index (χ1n) is 4.37. The molecule has 0 saturated carbocycles. The highest BCUT2D eigenvalue weighted by Crippen LogP contribution is 2.25. The van der Waals surface area contributed by atoms with Gasteiger partial charge in [0.1, 0.15) is 5.82 Å². The number of nitrogens with one attached hydrogen (secondary N) is 1. The molecule has 4 heteroatoms. The molecule has 0 atom stereocenters. The summed E-state index contributed by atoms with van der Waals surface area (Å²) in [4.78, 5) is 0. The third kappa shape index (κ3) is 1.68. The fourth-order valence-corrected chi connectivity index (χ4v) is 2.01. The van der Waals surface area contributed by atoms with E-state index in [9.17, 15) is 0 Å². The molecule has 0 aliphatic rings. The van der Waals surface area contributed by atoms with Crippen LogP contribution in [0.2, 0.25) is 0 Å². The van der Waals surface area contributed by atoms with Crippen LogP contribution in [0.25, 0.3) is 10.1 Å². The molecular weight excluding hydrogens is 194 g/mol. The predicted octanol–water partition coefficient (Wildman–Crippen LogP) is 2.62. The number of rotatable bonds is 3. The number of benzene rings is 1. The minimum absolute atomic E-state index is 0.506. The number of aromatic nitrogens is 1. The summed E-state index contributed by atoms with van der Waals surface area (Å²) in [6.07, 6.45) is 0.506. The monoisotopic (exact) mass is 203 g/mol. The van der Waals surface area contributed by atoms with Crippen LogP contribution in [0.1, 0.15) is 6.42 Å². The van der Waals surface area contributed by atoms with Crippen LogP contribution in [-0.4, -0.2) is 10.9 Å². The average molecular weight is 203 g/mol. The maximum absolute atomic E-state index is 8.40. The van der Waals surface area contributed by atoms with Gasteiger partial charge in [-0.15, -0.1) is 0 Å². The SMILES string of the molecule is N#CCCNc1nsc2ccccc12. The summed E-state index contributed by atoms with van der Waals surface area (Å²) in [5, 5.41) is 12.7. The molecule has 3 nitrogen and oxygen atoms in total. The Morgan fingerprint density at radius 1 is 1.43 bits per heavy atom. The summed E-state index contributed by atoms with van der Waals surface area (Å²) in [5.41, 5.74) is 0. The molecule has 1 heterocycles. The molecule has 1 aromatic carbocycles. The molecule has 0 radical (unpaired) electrons. The van der Waals surface area contributed by atoms with Crippen molar-refractivity contribution < 1.29 is 0 Å². The van der Waals surface area contributed by atoms with E-state index < -0.39 is 0 Å². The third-order valence-electron chi connectivity index (χ3n) is 1.91. The van der Waals surface area contributed by atoms with Crippen molar-refractivity contribution in [2.45, 2.75) is 6.42 Å². The predicted molar refractivity (Wildman–Crippen MR) is 58.3 cm³/mol. The second kappa shape index (κ2) is 4.07. The van der Waals surface area contributed by atoms with E-state index in [-0.39, 0.29) is 0 Å². The minimum atomic E-state index is 0.506. The van der Waals surface area contributed by atoms with Gasteiger partial charge in [0.05, 0.1) is 17.2 Å². The van der Waals surface area contributed by atoms with E-state index in [0.717, 1.165) is 11.2 Å². The quantitative estimate of drug-likeness (QED) is 0.780. The zero-order chi connectivity index (χ0) is 9.80. The Morgan fingerprint density at radius 2 is 2.29 bits per heavy atom. The number of fused-ring (bicyclic) bond motifs is 1. The van der Waals surface area contributed by atoms with E-state index in [0.29, 0.717) is 13.0 Å². The Bertz CT molecular complexity index is 469. The van der Waals surface area contributed by atoms with E-state index in [1.54, 1.807) is 0 Å². The first-order valence-corrected chi connectivity index (χ1v) is 5.14. The van der Waals surface area contributed by atoms with Crippen molar-refractivity contribution in [2.24, 2.45) is 0 Å². The van der Waals surface area contributed by atoms with Gasteiger partial charge < -0.3 is 5.32 Å². The van der Waals surface area contributed by atoms with Crippen LogP contribution in [0.15, 0.2) is 24.3 Å². The summed E-state index contributed by atoms with van der Waals surface area (Å²) in [7, 11) is 0. The molecule has 0 aliphatic heterocycles. The Labute approximate surface area is 86.2 Å². The van der Waals surface area contributed by atoms with Crippen LogP contribution >= 0.6 is 11.5 Å². The number of hydrogen-bond donors (Lipinski definition) is 1.